The summed E-state index contributed by atoms with van der Waals surface area (Å²) in [7, 11) is 0. The Balaban J connectivity index is 1.52. The van der Waals surface area contributed by atoms with E-state index >= 15 is 0 Å². The zero-order chi connectivity index (χ0) is 20.7. The van der Waals surface area contributed by atoms with Gasteiger partial charge in [-0.2, -0.15) is 0 Å². The summed E-state index contributed by atoms with van der Waals surface area (Å²) in [5.41, 5.74) is 3.52. The molecule has 1 aliphatic carbocycles. The number of amides is 3. The van der Waals surface area contributed by atoms with E-state index in [2.05, 4.69) is 5.32 Å². The highest BCUT2D eigenvalue weighted by Crippen LogP contribution is 2.39. The molecule has 2 aromatic rings. The summed E-state index contributed by atoms with van der Waals surface area (Å²) in [6.45, 7) is 3.83. The van der Waals surface area contributed by atoms with Crippen molar-refractivity contribution in [2.45, 2.75) is 26.7 Å². The van der Waals surface area contributed by atoms with Crippen molar-refractivity contribution in [2.24, 2.45) is 11.8 Å². The maximum Gasteiger partial charge on any atom is 0.255 e. The molecule has 5 nitrogen and oxygen atoms in total. The number of carbonyl (C=O) groups is 3. The maximum absolute atomic E-state index is 12.8. The lowest BCUT2D eigenvalue weighted by Gasteiger charge is -2.18. The fourth-order valence-electron chi connectivity index (χ4n) is 3.99. The van der Waals surface area contributed by atoms with Crippen LogP contribution in [0.5, 0.6) is 0 Å². The number of hydrogen-bond donors (Lipinski definition) is 1. The van der Waals surface area contributed by atoms with Gasteiger partial charge in [0.1, 0.15) is 0 Å². The minimum atomic E-state index is -0.283. The highest BCUT2D eigenvalue weighted by atomic mass is 35.5. The van der Waals surface area contributed by atoms with Crippen LogP contribution in [0.25, 0.3) is 0 Å². The van der Waals surface area contributed by atoms with Gasteiger partial charge in [0.2, 0.25) is 11.8 Å². The summed E-state index contributed by atoms with van der Waals surface area (Å²) in [6.07, 6.45) is 3.28. The molecule has 2 atom stereocenters. The summed E-state index contributed by atoms with van der Waals surface area (Å²) >= 11 is 6.10. The molecule has 148 valence electrons. The van der Waals surface area contributed by atoms with E-state index in [1.807, 2.05) is 19.9 Å². The smallest absolute Gasteiger partial charge is 0.255 e. The first-order valence-electron chi connectivity index (χ1n) is 9.57. The highest BCUT2D eigenvalue weighted by Gasteiger charge is 2.48. The highest BCUT2D eigenvalue weighted by molar-refractivity contribution is 6.31. The van der Waals surface area contributed by atoms with E-state index < -0.39 is 0 Å². The normalized spacial score (nSPS) is 21.1. The molecule has 0 bridgehead atoms. The van der Waals surface area contributed by atoms with Gasteiger partial charge in [-0.25, -0.2) is 0 Å². The molecular formula is C23H21ClN2O3. The number of fused-ring (bicyclic) bond motifs is 1. The van der Waals surface area contributed by atoms with Crippen LogP contribution in [0.1, 0.15) is 35.7 Å². The number of carbonyl (C=O) groups excluding carboxylic acids is 3. The van der Waals surface area contributed by atoms with Gasteiger partial charge < -0.3 is 5.32 Å². The maximum atomic E-state index is 12.8. The summed E-state index contributed by atoms with van der Waals surface area (Å²) < 4.78 is 0. The monoisotopic (exact) mass is 408 g/mol. The van der Waals surface area contributed by atoms with Crippen molar-refractivity contribution in [2.75, 3.05) is 10.2 Å². The standard InChI is InChI=1S/C23H21ClN2O3/c1-13-6-11-17-18(12-13)23(29)26(22(17)28)16-9-7-15(8-10-16)21(27)25-20-5-3-4-19(24)14(20)2/h3-10,17-18H,11-12H2,1-2H3,(H,25,27)/t17-,18+/m1/s1. The van der Waals surface area contributed by atoms with Crippen LogP contribution in [0.2, 0.25) is 5.02 Å². The predicted molar refractivity (Wildman–Crippen MR) is 113 cm³/mol. The SMILES string of the molecule is CC1=CC[C@H]2C(=O)N(c3ccc(C(=O)Nc4cccc(Cl)c4C)cc3)C(=O)[C@H]2C1. The lowest BCUT2D eigenvalue weighted by Crippen LogP contribution is -2.30. The first-order chi connectivity index (χ1) is 13.9. The summed E-state index contributed by atoms with van der Waals surface area (Å²) in [5.74, 6) is -1.15. The van der Waals surface area contributed by atoms with E-state index in [1.54, 1.807) is 42.5 Å². The third-order valence-corrected chi connectivity index (χ3v) is 6.14. The Morgan fingerprint density at radius 3 is 2.45 bits per heavy atom. The summed E-state index contributed by atoms with van der Waals surface area (Å²) in [5, 5.41) is 3.42. The molecule has 1 saturated heterocycles. The van der Waals surface area contributed by atoms with Crippen LogP contribution in [0, 0.1) is 18.8 Å². The number of rotatable bonds is 3. The number of imide groups is 1. The van der Waals surface area contributed by atoms with Crippen molar-refractivity contribution in [3.8, 4) is 0 Å². The largest absolute Gasteiger partial charge is 0.322 e. The minimum Gasteiger partial charge on any atom is -0.322 e. The Labute approximate surface area is 174 Å². The van der Waals surface area contributed by atoms with Crippen molar-refractivity contribution >= 4 is 40.7 Å². The van der Waals surface area contributed by atoms with Crippen molar-refractivity contribution < 1.29 is 14.4 Å². The molecule has 0 unspecified atom stereocenters. The van der Waals surface area contributed by atoms with E-state index in [4.69, 9.17) is 11.6 Å². The quantitative estimate of drug-likeness (QED) is 0.588. The third kappa shape index (κ3) is 3.47. The summed E-state index contributed by atoms with van der Waals surface area (Å²) in [6, 6.07) is 11.9. The molecule has 4 rings (SSSR count). The Hall–Kier alpha value is -2.92. The molecule has 2 aromatic carbocycles. The van der Waals surface area contributed by atoms with Gasteiger partial charge in [0.25, 0.3) is 5.91 Å². The molecule has 1 fully saturated rings. The number of halogens is 1. The number of benzene rings is 2. The lowest BCUT2D eigenvalue weighted by molar-refractivity contribution is -0.122. The average Bonchev–Trinajstić information content (AvgIpc) is 2.95. The summed E-state index contributed by atoms with van der Waals surface area (Å²) in [4.78, 5) is 39.4. The van der Waals surface area contributed by atoms with Gasteiger partial charge in [0.15, 0.2) is 0 Å². The molecule has 2 aliphatic rings. The van der Waals surface area contributed by atoms with Gasteiger partial charge >= 0.3 is 0 Å². The van der Waals surface area contributed by atoms with Crippen LogP contribution in [0.3, 0.4) is 0 Å². The zero-order valence-corrected chi connectivity index (χ0v) is 17.0. The molecule has 0 radical (unpaired) electrons. The Kier molecular flexibility index (Phi) is 5.01. The number of hydrogen-bond acceptors (Lipinski definition) is 3. The molecular weight excluding hydrogens is 388 g/mol. The van der Waals surface area contributed by atoms with E-state index in [0.717, 1.165) is 11.1 Å². The van der Waals surface area contributed by atoms with E-state index in [-0.39, 0.29) is 29.6 Å². The molecule has 1 heterocycles. The molecule has 1 aliphatic heterocycles. The van der Waals surface area contributed by atoms with Crippen LogP contribution < -0.4 is 10.2 Å². The lowest BCUT2D eigenvalue weighted by atomic mass is 9.82. The van der Waals surface area contributed by atoms with Gasteiger partial charge in [-0.15, -0.1) is 0 Å². The van der Waals surface area contributed by atoms with Crippen molar-refractivity contribution in [1.82, 2.24) is 0 Å². The Bertz CT molecular complexity index is 1040. The molecule has 0 spiro atoms. The van der Waals surface area contributed by atoms with Crippen LogP contribution in [-0.2, 0) is 9.59 Å². The van der Waals surface area contributed by atoms with E-state index in [9.17, 15) is 14.4 Å². The van der Waals surface area contributed by atoms with E-state index in [0.29, 0.717) is 34.8 Å². The zero-order valence-electron chi connectivity index (χ0n) is 16.2. The Morgan fingerprint density at radius 1 is 1.03 bits per heavy atom. The second kappa shape index (κ2) is 7.48. The number of nitrogens with zero attached hydrogens (tertiary/aromatic N) is 1. The van der Waals surface area contributed by atoms with Gasteiger partial charge in [0.05, 0.1) is 17.5 Å². The third-order valence-electron chi connectivity index (χ3n) is 5.73. The molecule has 0 saturated carbocycles. The number of nitrogens with one attached hydrogen (secondary N) is 1. The van der Waals surface area contributed by atoms with Gasteiger partial charge in [-0.3, -0.25) is 19.3 Å². The molecule has 1 N–H and O–H groups in total. The number of allylic oxidation sites excluding steroid dienone is 2. The van der Waals surface area contributed by atoms with Crippen LogP contribution in [0.15, 0.2) is 54.1 Å². The molecule has 0 aromatic heterocycles. The number of anilines is 2. The Morgan fingerprint density at radius 2 is 1.72 bits per heavy atom. The second-order valence-electron chi connectivity index (χ2n) is 7.63. The van der Waals surface area contributed by atoms with Crippen LogP contribution in [0.4, 0.5) is 11.4 Å². The minimum absolute atomic E-state index is 0.154. The average molecular weight is 409 g/mol. The van der Waals surface area contributed by atoms with Gasteiger partial charge in [-0.05, 0) is 68.7 Å². The van der Waals surface area contributed by atoms with Crippen LogP contribution in [-0.4, -0.2) is 17.7 Å². The molecule has 6 heteroatoms. The first kappa shape index (κ1) is 19.4. The molecule has 29 heavy (non-hydrogen) atoms. The second-order valence-corrected chi connectivity index (χ2v) is 8.04. The first-order valence-corrected chi connectivity index (χ1v) is 9.94. The van der Waals surface area contributed by atoms with Crippen molar-refractivity contribution in [3.05, 3.63) is 70.3 Å². The van der Waals surface area contributed by atoms with Gasteiger partial charge in [-0.1, -0.05) is 29.3 Å². The van der Waals surface area contributed by atoms with Gasteiger partial charge in [0, 0.05) is 16.3 Å². The van der Waals surface area contributed by atoms with Crippen LogP contribution >= 0.6 is 11.6 Å². The fourth-order valence-corrected chi connectivity index (χ4v) is 4.17. The van der Waals surface area contributed by atoms with Crippen molar-refractivity contribution in [1.29, 1.82) is 0 Å². The van der Waals surface area contributed by atoms with Crippen molar-refractivity contribution in [3.63, 3.8) is 0 Å². The fraction of sp³-hybridized carbons (Fsp3) is 0.261. The molecule has 3 amide bonds. The topological polar surface area (TPSA) is 66.5 Å². The van der Waals surface area contributed by atoms with E-state index in [1.165, 1.54) is 4.90 Å². The predicted octanol–water partition coefficient (Wildman–Crippen LogP) is 4.75.